The fraction of sp³-hybridized carbons (Fsp3) is 0.600. The van der Waals surface area contributed by atoms with Crippen molar-refractivity contribution in [2.24, 2.45) is 5.92 Å². The van der Waals surface area contributed by atoms with Crippen LogP contribution in [0, 0.1) is 5.92 Å². The largest absolute Gasteiger partial charge is 0.352 e. The van der Waals surface area contributed by atoms with Crippen LogP contribution in [-0.2, 0) is 0 Å². The number of hydrogen-bond donors (Lipinski definition) is 1. The molecular formula is C10H15N3O. The fourth-order valence-electron chi connectivity index (χ4n) is 1.95. The van der Waals surface area contributed by atoms with Gasteiger partial charge in [-0.05, 0) is 18.8 Å². The Kier molecular flexibility index (Phi) is 2.52. The van der Waals surface area contributed by atoms with Gasteiger partial charge in [0.15, 0.2) is 5.82 Å². The van der Waals surface area contributed by atoms with Crippen molar-refractivity contribution in [2.75, 3.05) is 18.0 Å². The summed E-state index contributed by atoms with van der Waals surface area (Å²) in [6.45, 7) is 4.10. The van der Waals surface area contributed by atoms with Gasteiger partial charge in [0, 0.05) is 25.5 Å². The molecule has 1 aromatic rings. The van der Waals surface area contributed by atoms with Gasteiger partial charge in [0.2, 0.25) is 0 Å². The van der Waals surface area contributed by atoms with Crippen molar-refractivity contribution in [1.29, 1.82) is 0 Å². The average Bonchev–Trinajstić information content (AvgIpc) is 2.18. The maximum absolute atomic E-state index is 11.5. The fourth-order valence-corrected chi connectivity index (χ4v) is 1.95. The first-order valence-corrected chi connectivity index (χ1v) is 5.06. The monoisotopic (exact) mass is 193 g/mol. The predicted molar refractivity (Wildman–Crippen MR) is 55.5 cm³/mol. The SMILES string of the molecule is CC1CCCN(c2ncc[nH]c2=O)C1. The average molecular weight is 193 g/mol. The van der Waals surface area contributed by atoms with Crippen LogP contribution < -0.4 is 10.5 Å². The van der Waals surface area contributed by atoms with Crippen LogP contribution >= 0.6 is 0 Å². The maximum atomic E-state index is 11.5. The van der Waals surface area contributed by atoms with Crippen molar-refractivity contribution in [3.8, 4) is 0 Å². The number of nitrogens with one attached hydrogen (secondary N) is 1. The van der Waals surface area contributed by atoms with E-state index in [-0.39, 0.29) is 5.56 Å². The number of aromatic nitrogens is 2. The zero-order valence-electron chi connectivity index (χ0n) is 8.36. The molecule has 0 aliphatic carbocycles. The van der Waals surface area contributed by atoms with Crippen molar-refractivity contribution in [1.82, 2.24) is 9.97 Å². The molecule has 0 radical (unpaired) electrons. The lowest BCUT2D eigenvalue weighted by atomic mass is 10.0. The van der Waals surface area contributed by atoms with E-state index in [2.05, 4.69) is 21.8 Å². The molecule has 76 valence electrons. The van der Waals surface area contributed by atoms with Gasteiger partial charge in [-0.1, -0.05) is 6.92 Å². The molecule has 1 aromatic heterocycles. The lowest BCUT2D eigenvalue weighted by Crippen LogP contribution is -2.38. The first-order chi connectivity index (χ1) is 6.77. The summed E-state index contributed by atoms with van der Waals surface area (Å²) in [4.78, 5) is 20.3. The highest BCUT2D eigenvalue weighted by Gasteiger charge is 2.19. The van der Waals surface area contributed by atoms with Crippen molar-refractivity contribution in [3.63, 3.8) is 0 Å². The molecule has 0 saturated carbocycles. The molecule has 1 atom stereocenters. The second-order valence-electron chi connectivity index (χ2n) is 3.94. The summed E-state index contributed by atoms with van der Waals surface area (Å²) in [7, 11) is 0. The Labute approximate surface area is 83.0 Å². The molecule has 1 unspecified atom stereocenters. The summed E-state index contributed by atoms with van der Waals surface area (Å²) in [5.41, 5.74) is -0.0819. The summed E-state index contributed by atoms with van der Waals surface area (Å²) in [6.07, 6.45) is 5.60. The molecule has 14 heavy (non-hydrogen) atoms. The second kappa shape index (κ2) is 3.82. The zero-order valence-corrected chi connectivity index (χ0v) is 8.36. The van der Waals surface area contributed by atoms with E-state index in [0.29, 0.717) is 11.7 Å². The predicted octanol–water partition coefficient (Wildman–Crippen LogP) is 1.01. The van der Waals surface area contributed by atoms with Gasteiger partial charge in [-0.2, -0.15) is 0 Å². The third-order valence-electron chi connectivity index (χ3n) is 2.65. The minimum atomic E-state index is -0.0819. The van der Waals surface area contributed by atoms with Gasteiger partial charge < -0.3 is 9.88 Å². The quantitative estimate of drug-likeness (QED) is 0.724. The standard InChI is InChI=1S/C10H15N3O/c1-8-3-2-6-13(7-8)9-10(14)12-5-4-11-9/h4-5,8H,2-3,6-7H2,1H3,(H,12,14). The summed E-state index contributed by atoms with van der Waals surface area (Å²) in [5.74, 6) is 1.23. The number of nitrogens with zero attached hydrogens (tertiary/aromatic N) is 2. The zero-order chi connectivity index (χ0) is 9.97. The number of aromatic amines is 1. The van der Waals surface area contributed by atoms with Crippen LogP contribution in [0.15, 0.2) is 17.2 Å². The van der Waals surface area contributed by atoms with E-state index in [4.69, 9.17) is 0 Å². The first kappa shape index (κ1) is 9.24. The van der Waals surface area contributed by atoms with E-state index in [1.165, 1.54) is 6.42 Å². The molecule has 2 heterocycles. The molecule has 1 aliphatic rings. The smallest absolute Gasteiger partial charge is 0.290 e. The normalized spacial score (nSPS) is 22.4. The molecule has 1 aliphatic heterocycles. The Hall–Kier alpha value is -1.32. The number of piperidine rings is 1. The molecule has 0 bridgehead atoms. The van der Waals surface area contributed by atoms with Gasteiger partial charge in [0.05, 0.1) is 0 Å². The molecule has 1 fully saturated rings. The van der Waals surface area contributed by atoms with Crippen molar-refractivity contribution in [3.05, 3.63) is 22.7 Å². The van der Waals surface area contributed by atoms with Crippen molar-refractivity contribution >= 4 is 5.82 Å². The summed E-state index contributed by atoms with van der Waals surface area (Å²) >= 11 is 0. The van der Waals surface area contributed by atoms with E-state index < -0.39 is 0 Å². The van der Waals surface area contributed by atoms with E-state index in [1.54, 1.807) is 12.4 Å². The van der Waals surface area contributed by atoms with Crippen molar-refractivity contribution in [2.45, 2.75) is 19.8 Å². The molecule has 1 saturated heterocycles. The third kappa shape index (κ3) is 1.78. The molecule has 1 N–H and O–H groups in total. The van der Waals surface area contributed by atoms with Crippen molar-refractivity contribution < 1.29 is 0 Å². The molecule has 0 amide bonds. The van der Waals surface area contributed by atoms with Crippen LogP contribution in [0.3, 0.4) is 0 Å². The van der Waals surface area contributed by atoms with Gasteiger partial charge in [0.25, 0.3) is 5.56 Å². The molecule has 2 rings (SSSR count). The lowest BCUT2D eigenvalue weighted by Gasteiger charge is -2.30. The van der Waals surface area contributed by atoms with E-state index in [9.17, 15) is 4.79 Å². The number of anilines is 1. The van der Waals surface area contributed by atoms with Crippen LogP contribution in [0.5, 0.6) is 0 Å². The molecule has 0 aromatic carbocycles. The number of H-pyrrole nitrogens is 1. The Bertz CT molecular complexity index is 360. The van der Waals surface area contributed by atoms with Gasteiger partial charge in [-0.3, -0.25) is 4.79 Å². The van der Waals surface area contributed by atoms with E-state index >= 15 is 0 Å². The topological polar surface area (TPSA) is 49.0 Å². The van der Waals surface area contributed by atoms with Gasteiger partial charge >= 0.3 is 0 Å². The Morgan fingerprint density at radius 1 is 1.64 bits per heavy atom. The number of hydrogen-bond acceptors (Lipinski definition) is 3. The van der Waals surface area contributed by atoms with Gasteiger partial charge in [-0.25, -0.2) is 4.98 Å². The van der Waals surface area contributed by atoms with Crippen LogP contribution in [-0.4, -0.2) is 23.1 Å². The van der Waals surface area contributed by atoms with Crippen LogP contribution in [0.4, 0.5) is 5.82 Å². The lowest BCUT2D eigenvalue weighted by molar-refractivity contribution is 0.443. The second-order valence-corrected chi connectivity index (χ2v) is 3.94. The molecule has 4 heteroatoms. The Morgan fingerprint density at radius 2 is 2.50 bits per heavy atom. The maximum Gasteiger partial charge on any atom is 0.290 e. The summed E-state index contributed by atoms with van der Waals surface area (Å²) in [6, 6.07) is 0. The van der Waals surface area contributed by atoms with Gasteiger partial charge in [-0.15, -0.1) is 0 Å². The number of rotatable bonds is 1. The summed E-state index contributed by atoms with van der Waals surface area (Å²) in [5, 5.41) is 0. The van der Waals surface area contributed by atoms with E-state index in [0.717, 1.165) is 19.5 Å². The highest BCUT2D eigenvalue weighted by atomic mass is 16.1. The molecule has 4 nitrogen and oxygen atoms in total. The van der Waals surface area contributed by atoms with Crippen LogP contribution in [0.1, 0.15) is 19.8 Å². The Balaban J connectivity index is 2.22. The van der Waals surface area contributed by atoms with Gasteiger partial charge in [0.1, 0.15) is 0 Å². The highest BCUT2D eigenvalue weighted by molar-refractivity contribution is 5.35. The van der Waals surface area contributed by atoms with Crippen LogP contribution in [0.2, 0.25) is 0 Å². The minimum Gasteiger partial charge on any atom is -0.352 e. The highest BCUT2D eigenvalue weighted by Crippen LogP contribution is 2.17. The first-order valence-electron chi connectivity index (χ1n) is 5.06. The Morgan fingerprint density at radius 3 is 3.21 bits per heavy atom. The molecular weight excluding hydrogens is 178 g/mol. The third-order valence-corrected chi connectivity index (χ3v) is 2.65. The minimum absolute atomic E-state index is 0.0819. The van der Waals surface area contributed by atoms with Crippen LogP contribution in [0.25, 0.3) is 0 Å². The van der Waals surface area contributed by atoms with E-state index in [1.807, 2.05) is 0 Å². The molecule has 0 spiro atoms. The summed E-state index contributed by atoms with van der Waals surface area (Å²) < 4.78 is 0.